The minimum absolute atomic E-state index is 0.00335. The first-order chi connectivity index (χ1) is 37.8. The van der Waals surface area contributed by atoms with Crippen molar-refractivity contribution < 1.29 is 57.1 Å². The van der Waals surface area contributed by atoms with Crippen LogP contribution in [0, 0.1) is 12.3 Å². The second kappa shape index (κ2) is 26.9. The molecule has 1 saturated carbocycles. The van der Waals surface area contributed by atoms with Gasteiger partial charge in [0.05, 0.1) is 37.3 Å². The van der Waals surface area contributed by atoms with Gasteiger partial charge in [-0.25, -0.2) is 9.48 Å². The number of terminal acetylenes is 1. The fourth-order valence-electron chi connectivity index (χ4n) is 8.60. The topological polar surface area (TPSA) is 265 Å². The smallest absolute Gasteiger partial charge is 0.410 e. The highest BCUT2D eigenvalue weighted by Gasteiger charge is 2.43. The number of benzene rings is 4. The summed E-state index contributed by atoms with van der Waals surface area (Å²) >= 11 is -1.69. The summed E-state index contributed by atoms with van der Waals surface area (Å²) in [6.07, 6.45) is 8.31. The van der Waals surface area contributed by atoms with Gasteiger partial charge in [-0.3, -0.25) is 33.7 Å². The van der Waals surface area contributed by atoms with Gasteiger partial charge >= 0.3 is 12.1 Å². The number of aryl methyl sites for hydroxylation is 1. The monoisotopic (exact) mass is 1100 g/mol. The van der Waals surface area contributed by atoms with Crippen LogP contribution in [0.5, 0.6) is 11.5 Å². The molecular formula is C57H67N9O12S. The Morgan fingerprint density at radius 1 is 0.848 bits per heavy atom. The first-order valence-corrected chi connectivity index (χ1v) is 27.2. The number of ether oxygens (including phenoxy) is 4. The largest absolute Gasteiger partial charge is 0.593 e. The van der Waals surface area contributed by atoms with Gasteiger partial charge in [-0.05, 0) is 85.8 Å². The molecule has 1 aromatic heterocycles. The average molecular weight is 1100 g/mol. The molecule has 6 atom stereocenters. The van der Waals surface area contributed by atoms with Gasteiger partial charge in [0.1, 0.15) is 65.4 Å². The lowest BCUT2D eigenvalue weighted by molar-refractivity contribution is -0.140. The van der Waals surface area contributed by atoms with Crippen LogP contribution in [-0.2, 0) is 75.5 Å². The molecule has 4 aromatic carbocycles. The number of likely N-dealkylation sites (tertiary alicyclic amines) is 1. The number of nitrogens with zero attached hydrogens (tertiary/aromatic N) is 5. The number of carbonyl (C=O) groups excluding carboxylic acids is 7. The van der Waals surface area contributed by atoms with Gasteiger partial charge in [0.15, 0.2) is 0 Å². The molecule has 1 aliphatic carbocycles. The van der Waals surface area contributed by atoms with Crippen LogP contribution < -0.4 is 30.1 Å². The number of fused-ring (bicyclic) bond motifs is 1. The summed E-state index contributed by atoms with van der Waals surface area (Å²) in [6, 6.07) is 21.8. The van der Waals surface area contributed by atoms with Gasteiger partial charge in [0.2, 0.25) is 23.6 Å². The highest BCUT2D eigenvalue weighted by Crippen LogP contribution is 2.29. The minimum atomic E-state index is -1.69. The van der Waals surface area contributed by atoms with Gasteiger partial charge < -0.3 is 44.4 Å². The number of carbonyl (C=O) groups is 7. The van der Waals surface area contributed by atoms with Gasteiger partial charge in [0, 0.05) is 52.1 Å². The minimum Gasteiger partial charge on any atom is -0.593 e. The van der Waals surface area contributed by atoms with E-state index in [2.05, 4.69) is 36.9 Å². The van der Waals surface area contributed by atoms with E-state index in [-0.39, 0.29) is 56.7 Å². The van der Waals surface area contributed by atoms with Crippen molar-refractivity contribution in [2.45, 2.75) is 120 Å². The Kier molecular flexibility index (Phi) is 20.0. The number of nitrogens with one attached hydrogen (secondary N) is 4. The lowest BCUT2D eigenvalue weighted by atomic mass is 9.99. The summed E-state index contributed by atoms with van der Waals surface area (Å²) < 4.78 is 38.8. The zero-order valence-corrected chi connectivity index (χ0v) is 45.9. The number of hydrogen-bond donors (Lipinski definition) is 4. The van der Waals surface area contributed by atoms with Gasteiger partial charge in [-0.2, -0.15) is 4.72 Å². The second-order valence-electron chi connectivity index (χ2n) is 20.4. The third-order valence-corrected chi connectivity index (χ3v) is 14.8. The summed E-state index contributed by atoms with van der Waals surface area (Å²) in [5, 5.41) is 18.6. The number of methoxy groups -OCH3 is 1. The number of esters is 1. The van der Waals surface area contributed by atoms with E-state index in [1.807, 2.05) is 54.6 Å². The van der Waals surface area contributed by atoms with E-state index >= 15 is 0 Å². The molecule has 2 fully saturated rings. The molecule has 2 aliphatic rings. The fourth-order valence-corrected chi connectivity index (χ4v) is 9.68. The third kappa shape index (κ3) is 16.9. The molecule has 1 unspecified atom stereocenters. The van der Waals surface area contributed by atoms with Crippen LogP contribution in [0.2, 0.25) is 0 Å². The fraction of sp³-hybridized carbons (Fsp3) is 0.421. The van der Waals surface area contributed by atoms with Crippen LogP contribution in [0.4, 0.5) is 4.79 Å². The molecule has 21 nitrogen and oxygen atoms in total. The summed E-state index contributed by atoms with van der Waals surface area (Å²) in [6.45, 7) is 6.01. The lowest BCUT2D eigenvalue weighted by Gasteiger charge is -2.29. The van der Waals surface area contributed by atoms with Crippen molar-refractivity contribution in [3.63, 3.8) is 0 Å². The van der Waals surface area contributed by atoms with Crippen LogP contribution >= 0.6 is 0 Å². The lowest BCUT2D eigenvalue weighted by Crippen LogP contribution is -2.58. The van der Waals surface area contributed by atoms with Gasteiger partial charge in [-0.15, -0.1) is 11.5 Å². The Balaban J connectivity index is 1.13. The maximum atomic E-state index is 14.9. The number of amides is 6. The van der Waals surface area contributed by atoms with Crippen molar-refractivity contribution in [2.75, 3.05) is 33.9 Å². The molecule has 2 heterocycles. The standard InChI is InChI=1S/C57H67N9O12S/c1-8-27-76-44-22-16-38(17-23-44)29-48(54(71)62-79(74)46-24-25-46)59-53(70)47(30-39-13-19-40-11-9-10-12-41(40)28-39)60-55(72)49-31-43(34-65(49)50(67)32-58-52(69)36(2)64(6)56(73)78-57(3,4)5)66-33-42(61-63-66)35-77-45-20-14-37(15-21-45)18-26-51(68)75-7/h1,9-17,19-23,28,33,36,43,46-49H,18,24-27,29-32,34-35H2,2-7H3,(H,58,69)(H,59,70)(H,60,72)(H,62,71)/t36-,43?,47-,48-,49-,79+/m0/s1. The summed E-state index contributed by atoms with van der Waals surface area (Å²) in [5.41, 5.74) is 1.85. The van der Waals surface area contributed by atoms with E-state index in [1.54, 1.807) is 63.4 Å². The van der Waals surface area contributed by atoms with E-state index in [0.29, 0.717) is 47.6 Å². The van der Waals surface area contributed by atoms with Crippen LogP contribution in [0.15, 0.2) is 97.2 Å². The molecule has 0 bridgehead atoms. The number of rotatable bonds is 24. The van der Waals surface area contributed by atoms with E-state index in [0.717, 1.165) is 21.2 Å². The van der Waals surface area contributed by atoms with E-state index in [1.165, 1.54) is 30.7 Å². The zero-order chi connectivity index (χ0) is 56.8. The van der Waals surface area contributed by atoms with Crippen molar-refractivity contribution in [3.05, 3.63) is 120 Å². The zero-order valence-electron chi connectivity index (χ0n) is 45.1. The normalized spacial score (nSPS) is 16.5. The Hall–Kier alpha value is -8.16. The number of likely N-dealkylation sites (N-methyl/N-ethyl adjacent to an activating group) is 1. The molecule has 4 N–H and O–H groups in total. The molecule has 0 spiro atoms. The second-order valence-corrected chi connectivity index (χ2v) is 21.9. The predicted octanol–water partition coefficient (Wildman–Crippen LogP) is 4.04. The predicted molar refractivity (Wildman–Crippen MR) is 292 cm³/mol. The summed E-state index contributed by atoms with van der Waals surface area (Å²) in [7, 11) is 2.74. The number of aromatic nitrogens is 3. The van der Waals surface area contributed by atoms with Crippen molar-refractivity contribution >= 4 is 63.7 Å². The van der Waals surface area contributed by atoms with Crippen LogP contribution in [-0.4, -0.2) is 140 Å². The first kappa shape index (κ1) is 58.5. The Bertz CT molecular complexity index is 3010. The highest BCUT2D eigenvalue weighted by molar-refractivity contribution is 7.90. The summed E-state index contributed by atoms with van der Waals surface area (Å²) in [4.78, 5) is 98.3. The molecule has 22 heteroatoms. The molecule has 79 heavy (non-hydrogen) atoms. The van der Waals surface area contributed by atoms with Crippen molar-refractivity contribution in [1.29, 1.82) is 0 Å². The maximum absolute atomic E-state index is 14.9. The Morgan fingerprint density at radius 2 is 1.49 bits per heavy atom. The van der Waals surface area contributed by atoms with Crippen LogP contribution in [0.3, 0.4) is 0 Å². The first-order valence-electron chi connectivity index (χ1n) is 25.9. The molecule has 6 amide bonds. The maximum Gasteiger partial charge on any atom is 0.410 e. The number of hydrogen-bond acceptors (Lipinski definition) is 14. The van der Waals surface area contributed by atoms with E-state index in [4.69, 9.17) is 25.4 Å². The molecule has 0 radical (unpaired) electrons. The van der Waals surface area contributed by atoms with Crippen molar-refractivity contribution in [3.8, 4) is 23.8 Å². The molecule has 5 aromatic rings. The van der Waals surface area contributed by atoms with Crippen LogP contribution in [0.1, 0.15) is 81.8 Å². The average Bonchev–Trinajstić information content (AvgIpc) is 4.03. The Labute approximate surface area is 462 Å². The van der Waals surface area contributed by atoms with Crippen molar-refractivity contribution in [2.24, 2.45) is 0 Å². The molecule has 1 saturated heterocycles. The van der Waals surface area contributed by atoms with E-state index < -0.39 is 89.3 Å². The van der Waals surface area contributed by atoms with Crippen molar-refractivity contribution in [1.82, 2.24) is 45.5 Å². The molecule has 418 valence electrons. The van der Waals surface area contributed by atoms with Gasteiger partial charge in [-0.1, -0.05) is 77.9 Å². The highest BCUT2D eigenvalue weighted by atomic mass is 32.2. The third-order valence-electron chi connectivity index (χ3n) is 13.3. The van der Waals surface area contributed by atoms with Crippen LogP contribution in [0.25, 0.3) is 10.8 Å². The summed E-state index contributed by atoms with van der Waals surface area (Å²) in [5.74, 6) is -0.288. The molecular weight excluding hydrogens is 1030 g/mol. The SMILES string of the molecule is C#CCOc1ccc(C[C@H](NC(=O)[C@H](Cc2ccc3ccccc3c2)NC(=O)[C@@H]2CC(n3cc(COc4ccc(CCC(=O)OC)cc4)nn3)CN2C(=O)CNC(=O)[C@H](C)N(C)C(=O)OC(C)(C)C)C(=O)N[S@+]([O-])C2CC2)cc1. The Morgan fingerprint density at radius 3 is 2.16 bits per heavy atom. The van der Waals surface area contributed by atoms with E-state index in [9.17, 15) is 38.1 Å². The molecule has 1 aliphatic heterocycles. The quantitative estimate of drug-likeness (QED) is 0.0386. The van der Waals surface area contributed by atoms with Gasteiger partial charge in [0.25, 0.3) is 5.91 Å². The molecule has 7 rings (SSSR count).